The minimum atomic E-state index is 0.789. The van der Waals surface area contributed by atoms with E-state index in [2.05, 4.69) is 10.6 Å². The smallest absolute Gasteiger partial charge is 0.0224 e. The van der Waals surface area contributed by atoms with Gasteiger partial charge >= 0.3 is 0 Å². The van der Waals surface area contributed by atoms with Crippen molar-refractivity contribution in [3.8, 4) is 0 Å². The third-order valence-electron chi connectivity index (χ3n) is 4.39. The highest BCUT2D eigenvalue weighted by Gasteiger charge is 2.37. The Kier molecular flexibility index (Phi) is 2.50. The van der Waals surface area contributed by atoms with Crippen LogP contribution in [-0.4, -0.2) is 24.2 Å². The molecule has 0 amide bonds. The molecule has 3 saturated heterocycles. The van der Waals surface area contributed by atoms with E-state index in [0.29, 0.717) is 0 Å². The number of hydrogen-bond donors (Lipinski definition) is 2. The SMILES string of the molecule is C1CC[C@H]2N[C@H](C1)[C@H]1CCCC[C@H]2N1. The maximum absolute atomic E-state index is 3.89. The van der Waals surface area contributed by atoms with E-state index in [9.17, 15) is 0 Å². The van der Waals surface area contributed by atoms with E-state index >= 15 is 0 Å². The Hall–Kier alpha value is -0.0800. The lowest BCUT2D eigenvalue weighted by atomic mass is 9.95. The third-order valence-corrected chi connectivity index (χ3v) is 4.39. The zero-order valence-electron chi connectivity index (χ0n) is 8.97. The topological polar surface area (TPSA) is 24.1 Å². The van der Waals surface area contributed by atoms with E-state index in [1.165, 1.54) is 51.4 Å². The van der Waals surface area contributed by atoms with E-state index in [-0.39, 0.29) is 0 Å². The lowest BCUT2D eigenvalue weighted by molar-refractivity contribution is 0.211. The van der Waals surface area contributed by atoms with E-state index in [0.717, 1.165) is 24.2 Å². The zero-order valence-corrected chi connectivity index (χ0v) is 8.97. The van der Waals surface area contributed by atoms with Crippen LogP contribution in [0.4, 0.5) is 0 Å². The fraction of sp³-hybridized carbons (Fsp3) is 1.00. The summed E-state index contributed by atoms with van der Waals surface area (Å²) in [6, 6.07) is 3.15. The van der Waals surface area contributed by atoms with Gasteiger partial charge in [-0.3, -0.25) is 0 Å². The molecule has 3 aliphatic rings. The summed E-state index contributed by atoms with van der Waals surface area (Å²) in [6.07, 6.45) is 11.4. The van der Waals surface area contributed by atoms with Crippen LogP contribution in [0.2, 0.25) is 0 Å². The molecule has 4 atom stereocenters. The number of fused-ring (bicyclic) bond motifs is 6. The molecule has 2 heteroatoms. The van der Waals surface area contributed by atoms with Gasteiger partial charge in [-0.05, 0) is 25.7 Å². The number of rotatable bonds is 0. The summed E-state index contributed by atoms with van der Waals surface area (Å²) in [7, 11) is 0. The quantitative estimate of drug-likeness (QED) is 0.614. The summed E-state index contributed by atoms with van der Waals surface area (Å²) >= 11 is 0. The molecular weight excluding hydrogens is 172 g/mol. The summed E-state index contributed by atoms with van der Waals surface area (Å²) in [6.45, 7) is 0. The maximum atomic E-state index is 3.89. The molecule has 0 saturated carbocycles. The molecule has 14 heavy (non-hydrogen) atoms. The molecule has 3 fully saturated rings. The van der Waals surface area contributed by atoms with Crippen LogP contribution in [0.15, 0.2) is 0 Å². The van der Waals surface area contributed by atoms with Crippen LogP contribution in [0.3, 0.4) is 0 Å². The van der Waals surface area contributed by atoms with Crippen LogP contribution < -0.4 is 10.6 Å². The van der Waals surface area contributed by atoms with Crippen molar-refractivity contribution in [2.24, 2.45) is 0 Å². The Bertz CT molecular complexity index is 162. The van der Waals surface area contributed by atoms with E-state index in [1.807, 2.05) is 0 Å². The minimum Gasteiger partial charge on any atom is -0.308 e. The van der Waals surface area contributed by atoms with Crippen molar-refractivity contribution in [1.82, 2.24) is 10.6 Å². The zero-order chi connectivity index (χ0) is 9.38. The molecule has 0 aromatic rings. The van der Waals surface area contributed by atoms with E-state index in [1.54, 1.807) is 0 Å². The third kappa shape index (κ3) is 1.59. The van der Waals surface area contributed by atoms with Gasteiger partial charge in [0, 0.05) is 24.2 Å². The summed E-state index contributed by atoms with van der Waals surface area (Å²) in [5, 5.41) is 7.79. The molecule has 2 N–H and O–H groups in total. The van der Waals surface area contributed by atoms with Gasteiger partial charge in [0.1, 0.15) is 0 Å². The first-order valence-electron chi connectivity index (χ1n) is 6.45. The molecule has 0 aromatic heterocycles. The van der Waals surface area contributed by atoms with Gasteiger partial charge in [-0.25, -0.2) is 0 Å². The van der Waals surface area contributed by atoms with Crippen LogP contribution >= 0.6 is 0 Å². The lowest BCUT2D eigenvalue weighted by Gasteiger charge is -2.41. The molecule has 3 rings (SSSR count). The van der Waals surface area contributed by atoms with E-state index < -0.39 is 0 Å². The average Bonchev–Trinajstić information content (AvgIpc) is 2.50. The normalized spacial score (nSPS) is 48.0. The van der Waals surface area contributed by atoms with Crippen molar-refractivity contribution in [2.75, 3.05) is 0 Å². The molecule has 3 heterocycles. The average molecular weight is 194 g/mol. The van der Waals surface area contributed by atoms with Gasteiger partial charge in [0.2, 0.25) is 0 Å². The molecule has 4 bridgehead atoms. The summed E-state index contributed by atoms with van der Waals surface area (Å²) < 4.78 is 0. The predicted octanol–water partition coefficient (Wildman–Crippen LogP) is 1.80. The Morgan fingerprint density at radius 3 is 1.07 bits per heavy atom. The van der Waals surface area contributed by atoms with Crippen LogP contribution in [-0.2, 0) is 0 Å². The first kappa shape index (κ1) is 9.17. The molecule has 3 aliphatic heterocycles. The van der Waals surface area contributed by atoms with Crippen molar-refractivity contribution in [2.45, 2.75) is 75.5 Å². The number of nitrogens with one attached hydrogen (secondary N) is 2. The Morgan fingerprint density at radius 1 is 0.500 bits per heavy atom. The number of piperazine rings is 1. The minimum absolute atomic E-state index is 0.789. The second-order valence-corrected chi connectivity index (χ2v) is 5.33. The van der Waals surface area contributed by atoms with Crippen LogP contribution in [0, 0.1) is 0 Å². The van der Waals surface area contributed by atoms with Gasteiger partial charge in [-0.15, -0.1) is 0 Å². The van der Waals surface area contributed by atoms with Crippen molar-refractivity contribution >= 4 is 0 Å². The second-order valence-electron chi connectivity index (χ2n) is 5.33. The monoisotopic (exact) mass is 194 g/mol. The largest absolute Gasteiger partial charge is 0.308 e. The first-order valence-corrected chi connectivity index (χ1v) is 6.45. The highest BCUT2D eigenvalue weighted by atomic mass is 15.2. The summed E-state index contributed by atoms with van der Waals surface area (Å²) in [4.78, 5) is 0. The van der Waals surface area contributed by atoms with Gasteiger partial charge in [0.15, 0.2) is 0 Å². The van der Waals surface area contributed by atoms with Gasteiger partial charge in [0.25, 0.3) is 0 Å². The Morgan fingerprint density at radius 2 is 0.786 bits per heavy atom. The molecule has 80 valence electrons. The number of hydrogen-bond acceptors (Lipinski definition) is 2. The second kappa shape index (κ2) is 3.82. The lowest BCUT2D eigenvalue weighted by Crippen LogP contribution is -2.64. The Labute approximate surface area is 86.8 Å². The first-order chi connectivity index (χ1) is 6.93. The van der Waals surface area contributed by atoms with Gasteiger partial charge in [-0.1, -0.05) is 25.7 Å². The maximum Gasteiger partial charge on any atom is 0.0224 e. The van der Waals surface area contributed by atoms with E-state index in [4.69, 9.17) is 0 Å². The highest BCUT2D eigenvalue weighted by molar-refractivity contribution is 5.00. The molecule has 0 spiro atoms. The molecule has 0 unspecified atom stereocenters. The van der Waals surface area contributed by atoms with Crippen LogP contribution in [0.1, 0.15) is 51.4 Å². The van der Waals surface area contributed by atoms with Crippen molar-refractivity contribution in [3.05, 3.63) is 0 Å². The van der Waals surface area contributed by atoms with Crippen LogP contribution in [0.5, 0.6) is 0 Å². The molecule has 0 radical (unpaired) electrons. The predicted molar refractivity (Wildman–Crippen MR) is 58.4 cm³/mol. The van der Waals surface area contributed by atoms with Gasteiger partial charge in [-0.2, -0.15) is 0 Å². The van der Waals surface area contributed by atoms with Crippen molar-refractivity contribution < 1.29 is 0 Å². The fourth-order valence-corrected chi connectivity index (χ4v) is 3.61. The highest BCUT2D eigenvalue weighted by Crippen LogP contribution is 2.28. The molecular formula is C12H22N2. The Balaban J connectivity index is 1.81. The van der Waals surface area contributed by atoms with Gasteiger partial charge in [0.05, 0.1) is 0 Å². The van der Waals surface area contributed by atoms with Crippen LogP contribution in [0.25, 0.3) is 0 Å². The summed E-state index contributed by atoms with van der Waals surface area (Å²) in [5.74, 6) is 0. The summed E-state index contributed by atoms with van der Waals surface area (Å²) in [5.41, 5.74) is 0. The standard InChI is InChI=1S/C12H22N2/c1-2-6-10-12-8-4-3-7-11(14-12)9(5-1)13-10/h9-14H,1-8H2/t9-,10-,11-,12-/m1/s1. The van der Waals surface area contributed by atoms with Gasteiger partial charge < -0.3 is 10.6 Å². The fourth-order valence-electron chi connectivity index (χ4n) is 3.61. The molecule has 2 nitrogen and oxygen atoms in total. The van der Waals surface area contributed by atoms with Crippen molar-refractivity contribution in [3.63, 3.8) is 0 Å². The van der Waals surface area contributed by atoms with Crippen molar-refractivity contribution in [1.29, 1.82) is 0 Å². The molecule has 0 aliphatic carbocycles. The molecule has 0 aromatic carbocycles.